The third-order valence-electron chi connectivity index (χ3n) is 0.449. The first kappa shape index (κ1) is 6.77. The van der Waals surface area contributed by atoms with Gasteiger partial charge in [-0.3, -0.25) is 0 Å². The van der Waals surface area contributed by atoms with Crippen LogP contribution < -0.4 is 0 Å². The van der Waals surface area contributed by atoms with E-state index in [4.69, 9.17) is 11.6 Å². The third-order valence-corrected chi connectivity index (χ3v) is 0.558. The fourth-order valence-corrected chi connectivity index (χ4v) is 0.261. The predicted molar refractivity (Wildman–Crippen MR) is 33.1 cm³/mol. The monoisotopic (exact) mass is 115 g/mol. The van der Waals surface area contributed by atoms with Gasteiger partial charge < -0.3 is 0 Å². The van der Waals surface area contributed by atoms with Crippen LogP contribution in [-0.2, 0) is 0 Å². The zero-order valence-corrected chi connectivity index (χ0v) is 5.29. The summed E-state index contributed by atoms with van der Waals surface area (Å²) < 4.78 is 0. The number of hydrogen-bond acceptors (Lipinski definition) is 0. The van der Waals surface area contributed by atoms with E-state index in [1.807, 2.05) is 13.0 Å². The average Bonchev–Trinajstić information content (AvgIpc) is 1.61. The van der Waals surface area contributed by atoms with Gasteiger partial charge in [0.25, 0.3) is 0 Å². The van der Waals surface area contributed by atoms with Crippen LogP contribution in [-0.4, -0.2) is 0 Å². The third kappa shape index (κ3) is 5.77. The van der Waals surface area contributed by atoms with Crippen molar-refractivity contribution in [3.63, 3.8) is 0 Å². The molecule has 1 heteroatoms. The van der Waals surface area contributed by atoms with Crippen LogP contribution in [0.2, 0.25) is 0 Å². The summed E-state index contributed by atoms with van der Waals surface area (Å²) in [5, 5.41) is 0.693. The lowest BCUT2D eigenvalue weighted by Crippen LogP contribution is -1.53. The Balaban J connectivity index is 3.46. The van der Waals surface area contributed by atoms with Gasteiger partial charge in [-0.05, 0) is 19.9 Å². The van der Waals surface area contributed by atoms with Gasteiger partial charge in [0.15, 0.2) is 0 Å². The molecule has 0 aliphatic rings. The second-order valence-electron chi connectivity index (χ2n) is 1.18. The highest BCUT2D eigenvalue weighted by Crippen LogP contribution is 1.95. The van der Waals surface area contributed by atoms with E-state index < -0.39 is 0 Å². The van der Waals surface area contributed by atoms with Crippen LogP contribution in [0, 0.1) is 6.08 Å². The molecular formula is C6H8Cl. The Hall–Kier alpha value is -0.230. The van der Waals surface area contributed by atoms with Crippen LogP contribution >= 0.6 is 11.6 Å². The average molecular weight is 116 g/mol. The molecule has 0 heterocycles. The maximum Gasteiger partial charge on any atom is 0.0228 e. The van der Waals surface area contributed by atoms with Crippen LogP contribution in [0.4, 0.5) is 0 Å². The number of allylic oxidation sites excluding steroid dienone is 4. The van der Waals surface area contributed by atoms with Crippen LogP contribution in [0.5, 0.6) is 0 Å². The first-order chi connectivity index (χ1) is 3.27. The maximum absolute atomic E-state index is 5.41. The van der Waals surface area contributed by atoms with Crippen molar-refractivity contribution in [2.24, 2.45) is 0 Å². The molecule has 0 bridgehead atoms. The van der Waals surface area contributed by atoms with E-state index in [0.29, 0.717) is 5.03 Å². The Labute approximate surface area is 49.5 Å². The minimum Gasteiger partial charge on any atom is -0.0888 e. The number of halogens is 1. The molecule has 0 atom stereocenters. The highest BCUT2D eigenvalue weighted by atomic mass is 35.5. The van der Waals surface area contributed by atoms with Gasteiger partial charge in [-0.25, -0.2) is 0 Å². The van der Waals surface area contributed by atoms with E-state index in [9.17, 15) is 0 Å². The summed E-state index contributed by atoms with van der Waals surface area (Å²) in [4.78, 5) is 0. The second-order valence-corrected chi connectivity index (χ2v) is 1.74. The van der Waals surface area contributed by atoms with Crippen molar-refractivity contribution < 1.29 is 0 Å². The van der Waals surface area contributed by atoms with Gasteiger partial charge in [0.2, 0.25) is 0 Å². The molecule has 1 radical (unpaired) electrons. The molecule has 0 aromatic rings. The number of rotatable bonds is 1. The first-order valence-electron chi connectivity index (χ1n) is 2.14. The summed E-state index contributed by atoms with van der Waals surface area (Å²) in [6.07, 6.45) is 6.46. The molecule has 39 valence electrons. The lowest BCUT2D eigenvalue weighted by molar-refractivity contribution is 1.60. The molecule has 0 unspecified atom stereocenters. The van der Waals surface area contributed by atoms with Gasteiger partial charge in [0, 0.05) is 5.03 Å². The first-order valence-corrected chi connectivity index (χ1v) is 2.52. The van der Waals surface area contributed by atoms with Crippen molar-refractivity contribution in [3.05, 3.63) is 23.3 Å². The van der Waals surface area contributed by atoms with Crippen LogP contribution in [0.25, 0.3) is 0 Å². The Bertz CT molecular complexity index is 86.4. The van der Waals surface area contributed by atoms with Gasteiger partial charge in [-0.1, -0.05) is 23.8 Å². The highest BCUT2D eigenvalue weighted by molar-refractivity contribution is 6.28. The lowest BCUT2D eigenvalue weighted by Gasteiger charge is -1.73. The molecule has 0 aliphatic carbocycles. The fraction of sp³-hybridized carbons (Fsp3) is 0.333. The van der Waals surface area contributed by atoms with Crippen molar-refractivity contribution in [1.82, 2.24) is 0 Å². The van der Waals surface area contributed by atoms with Crippen molar-refractivity contribution >= 4 is 11.6 Å². The Morgan fingerprint density at radius 3 is 2.43 bits per heavy atom. The molecule has 0 rings (SSSR count). The summed E-state index contributed by atoms with van der Waals surface area (Å²) in [7, 11) is 0. The highest BCUT2D eigenvalue weighted by Gasteiger charge is 1.70. The molecule has 7 heavy (non-hydrogen) atoms. The summed E-state index contributed by atoms with van der Waals surface area (Å²) >= 11 is 5.41. The predicted octanol–water partition coefficient (Wildman–Crippen LogP) is 2.51. The zero-order valence-electron chi connectivity index (χ0n) is 4.53. The van der Waals surface area contributed by atoms with Gasteiger partial charge in [-0.15, -0.1) is 0 Å². The standard InChI is InChI=1S/C6H8Cl/c1-3-4-5-6(2)7/h3-4H,1-2H3. The van der Waals surface area contributed by atoms with E-state index in [1.165, 1.54) is 0 Å². The van der Waals surface area contributed by atoms with E-state index >= 15 is 0 Å². The summed E-state index contributed by atoms with van der Waals surface area (Å²) in [6, 6.07) is 0. The summed E-state index contributed by atoms with van der Waals surface area (Å²) in [6.45, 7) is 3.72. The van der Waals surface area contributed by atoms with Crippen molar-refractivity contribution in [1.29, 1.82) is 0 Å². The van der Waals surface area contributed by atoms with Crippen LogP contribution in [0.15, 0.2) is 17.2 Å². The Morgan fingerprint density at radius 1 is 1.71 bits per heavy atom. The van der Waals surface area contributed by atoms with Crippen LogP contribution in [0.1, 0.15) is 13.8 Å². The van der Waals surface area contributed by atoms with Crippen molar-refractivity contribution in [3.8, 4) is 0 Å². The quantitative estimate of drug-likeness (QED) is 0.461. The minimum atomic E-state index is 0.693. The zero-order chi connectivity index (χ0) is 5.70. The Kier molecular flexibility index (Phi) is 3.81. The van der Waals surface area contributed by atoms with Gasteiger partial charge in [0.05, 0.1) is 0 Å². The fourth-order valence-electron chi connectivity index (χ4n) is 0.198. The largest absolute Gasteiger partial charge is 0.0888 e. The van der Waals surface area contributed by atoms with Crippen molar-refractivity contribution in [2.45, 2.75) is 13.8 Å². The number of hydrogen-bond donors (Lipinski definition) is 0. The molecule has 0 aliphatic heterocycles. The maximum atomic E-state index is 5.41. The second kappa shape index (κ2) is 3.94. The molecule has 0 aromatic carbocycles. The molecule has 0 saturated carbocycles. The van der Waals surface area contributed by atoms with Gasteiger partial charge in [-0.2, -0.15) is 0 Å². The Morgan fingerprint density at radius 2 is 2.29 bits per heavy atom. The summed E-state index contributed by atoms with van der Waals surface area (Å²) in [5.41, 5.74) is 0. The topological polar surface area (TPSA) is 0 Å². The minimum absolute atomic E-state index is 0.693. The normalized spacial score (nSPS) is 13.3. The molecular weight excluding hydrogens is 108 g/mol. The van der Waals surface area contributed by atoms with E-state index in [0.717, 1.165) is 0 Å². The smallest absolute Gasteiger partial charge is 0.0228 e. The molecule has 0 saturated heterocycles. The van der Waals surface area contributed by atoms with E-state index in [2.05, 4.69) is 6.08 Å². The molecule has 0 fully saturated rings. The molecule has 0 spiro atoms. The van der Waals surface area contributed by atoms with E-state index in [1.54, 1.807) is 13.0 Å². The molecule has 0 aromatic heterocycles. The molecule has 0 N–H and O–H groups in total. The van der Waals surface area contributed by atoms with Crippen LogP contribution in [0.3, 0.4) is 0 Å². The summed E-state index contributed by atoms with van der Waals surface area (Å²) in [5.74, 6) is 0. The molecule has 0 nitrogen and oxygen atoms in total. The SMILES string of the molecule is CC=C/[C]=C(/C)Cl. The van der Waals surface area contributed by atoms with Crippen molar-refractivity contribution in [2.75, 3.05) is 0 Å². The molecule has 0 amide bonds. The van der Waals surface area contributed by atoms with E-state index in [-0.39, 0.29) is 0 Å². The van der Waals surface area contributed by atoms with Gasteiger partial charge in [0.1, 0.15) is 0 Å². The lowest BCUT2D eigenvalue weighted by atomic mass is 10.5. The van der Waals surface area contributed by atoms with Gasteiger partial charge >= 0.3 is 0 Å².